The fraction of sp³-hybridized carbons (Fsp3) is 0.844. The molecule has 0 amide bonds. The number of esters is 1. The molecule has 4 unspecified atom stereocenters. The van der Waals surface area contributed by atoms with Gasteiger partial charge in [-0.25, -0.2) is 0 Å². The van der Waals surface area contributed by atoms with Crippen LogP contribution in [0.15, 0.2) is 11.1 Å². The molecule has 208 valence electrons. The van der Waals surface area contributed by atoms with Gasteiger partial charge in [-0.1, -0.05) is 66.5 Å². The van der Waals surface area contributed by atoms with Gasteiger partial charge in [-0.15, -0.1) is 0 Å². The molecule has 3 fully saturated rings. The predicted octanol–water partition coefficient (Wildman–Crippen LogP) is 6.46. The smallest absolute Gasteiger partial charge is 0.303 e. The van der Waals surface area contributed by atoms with Crippen molar-refractivity contribution >= 4 is 17.5 Å². The van der Waals surface area contributed by atoms with Crippen LogP contribution >= 0.6 is 0 Å². The van der Waals surface area contributed by atoms with Crippen LogP contribution in [0.4, 0.5) is 0 Å². The van der Waals surface area contributed by atoms with Crippen LogP contribution in [0.3, 0.4) is 0 Å². The Balaban J connectivity index is 1.69. The van der Waals surface area contributed by atoms with Gasteiger partial charge in [0.25, 0.3) is 0 Å². The van der Waals surface area contributed by atoms with Crippen LogP contribution < -0.4 is 0 Å². The second-order valence-electron chi connectivity index (χ2n) is 14.5. The highest BCUT2D eigenvalue weighted by Crippen LogP contribution is 2.74. The van der Waals surface area contributed by atoms with Crippen molar-refractivity contribution < 1.29 is 24.2 Å². The molecule has 3 saturated carbocycles. The number of hydrogen-bond acceptors (Lipinski definition) is 5. The molecule has 1 N–H and O–H groups in total. The Bertz CT molecular complexity index is 1010. The second-order valence-corrected chi connectivity index (χ2v) is 14.5. The van der Waals surface area contributed by atoms with Crippen molar-refractivity contribution in [2.24, 2.45) is 45.3 Å². The molecule has 4 aliphatic carbocycles. The van der Waals surface area contributed by atoms with E-state index in [-0.39, 0.29) is 45.2 Å². The minimum absolute atomic E-state index is 0.0148. The fourth-order valence-corrected chi connectivity index (χ4v) is 9.93. The zero-order valence-corrected chi connectivity index (χ0v) is 24.7. The average Bonchev–Trinajstić information content (AvgIpc) is 3.13. The van der Waals surface area contributed by atoms with Gasteiger partial charge < -0.3 is 9.84 Å². The van der Waals surface area contributed by atoms with Crippen LogP contribution in [-0.2, 0) is 19.1 Å². The number of hydrogen-bond donors (Lipinski definition) is 1. The summed E-state index contributed by atoms with van der Waals surface area (Å²) in [5.74, 6) is 0.314. The van der Waals surface area contributed by atoms with E-state index in [2.05, 4.69) is 41.5 Å². The highest BCUT2D eigenvalue weighted by atomic mass is 16.5. The van der Waals surface area contributed by atoms with Crippen molar-refractivity contribution in [3.05, 3.63) is 11.1 Å². The van der Waals surface area contributed by atoms with Crippen LogP contribution in [0, 0.1) is 45.3 Å². The number of rotatable bonds is 6. The van der Waals surface area contributed by atoms with Crippen molar-refractivity contribution in [3.63, 3.8) is 0 Å². The quantitative estimate of drug-likeness (QED) is 0.325. The molecule has 0 aliphatic heterocycles. The first-order valence-electron chi connectivity index (χ1n) is 14.7. The third-order valence-corrected chi connectivity index (χ3v) is 12.0. The number of aliphatic hydroxyl groups excluding tert-OH is 1. The van der Waals surface area contributed by atoms with Crippen LogP contribution in [-0.4, -0.2) is 34.9 Å². The SMILES string of the molecule is CC(=O)OC(CC(C)C1=C2CC(O)[C@H]3[C@@]4(C)CCC(=O)C(C)(C)C4CC[C@]3(C)[C@@]2(C)CC1)C(=O)C(C)C. The van der Waals surface area contributed by atoms with E-state index in [0.29, 0.717) is 31.0 Å². The lowest BCUT2D eigenvalue weighted by atomic mass is 9.36. The van der Waals surface area contributed by atoms with Crippen molar-refractivity contribution in [1.82, 2.24) is 0 Å². The van der Waals surface area contributed by atoms with Gasteiger partial charge in [0.1, 0.15) is 5.78 Å². The Kier molecular flexibility index (Phi) is 7.18. The molecule has 0 spiro atoms. The maximum Gasteiger partial charge on any atom is 0.303 e. The lowest BCUT2D eigenvalue weighted by molar-refractivity contribution is -0.208. The minimum Gasteiger partial charge on any atom is -0.455 e. The highest BCUT2D eigenvalue weighted by Gasteiger charge is 2.69. The van der Waals surface area contributed by atoms with Gasteiger partial charge in [-0.3, -0.25) is 14.4 Å². The summed E-state index contributed by atoms with van der Waals surface area (Å²) in [5, 5.41) is 11.9. The first kappa shape index (κ1) is 28.5. The molecule has 0 aromatic heterocycles. The van der Waals surface area contributed by atoms with E-state index >= 15 is 0 Å². The third kappa shape index (κ3) is 4.17. The summed E-state index contributed by atoms with van der Waals surface area (Å²) in [5.41, 5.74) is 2.29. The van der Waals surface area contributed by atoms with Crippen LogP contribution in [0.25, 0.3) is 0 Å². The van der Waals surface area contributed by atoms with E-state index in [1.54, 1.807) is 0 Å². The maximum absolute atomic E-state index is 12.9. The van der Waals surface area contributed by atoms with E-state index < -0.39 is 18.2 Å². The molecule has 0 aromatic rings. The largest absolute Gasteiger partial charge is 0.455 e. The first-order valence-corrected chi connectivity index (χ1v) is 14.7. The van der Waals surface area contributed by atoms with Gasteiger partial charge in [0.2, 0.25) is 0 Å². The Morgan fingerprint density at radius 3 is 2.27 bits per heavy atom. The topological polar surface area (TPSA) is 80.7 Å². The van der Waals surface area contributed by atoms with Crippen LogP contribution in [0.1, 0.15) is 114 Å². The van der Waals surface area contributed by atoms with E-state index in [9.17, 15) is 19.5 Å². The average molecular weight is 515 g/mol. The number of fused-ring (bicyclic) bond motifs is 5. The van der Waals surface area contributed by atoms with Gasteiger partial charge in [-0.05, 0) is 78.9 Å². The number of allylic oxidation sites excluding steroid dienone is 1. The Hall–Kier alpha value is -1.49. The second kappa shape index (κ2) is 9.31. The lowest BCUT2D eigenvalue weighted by Crippen LogP contribution is -2.65. The number of carbonyl (C=O) groups excluding carboxylic acids is 3. The molecular formula is C32H50O5. The van der Waals surface area contributed by atoms with Crippen molar-refractivity contribution in [2.45, 2.75) is 126 Å². The van der Waals surface area contributed by atoms with Gasteiger partial charge in [0.15, 0.2) is 11.9 Å². The summed E-state index contributed by atoms with van der Waals surface area (Å²) in [6, 6.07) is 0. The first-order chi connectivity index (χ1) is 17.0. The number of ketones is 2. The highest BCUT2D eigenvalue weighted by molar-refractivity contribution is 5.87. The van der Waals surface area contributed by atoms with E-state index in [0.717, 1.165) is 32.1 Å². The molecule has 0 heterocycles. The molecule has 8 atom stereocenters. The molecule has 37 heavy (non-hydrogen) atoms. The Morgan fingerprint density at radius 2 is 1.68 bits per heavy atom. The van der Waals surface area contributed by atoms with E-state index in [4.69, 9.17) is 4.74 Å². The summed E-state index contributed by atoms with van der Waals surface area (Å²) in [7, 11) is 0. The zero-order chi connectivity index (χ0) is 27.7. The zero-order valence-electron chi connectivity index (χ0n) is 24.7. The summed E-state index contributed by atoms with van der Waals surface area (Å²) in [4.78, 5) is 37.5. The monoisotopic (exact) mass is 514 g/mol. The molecule has 0 saturated heterocycles. The summed E-state index contributed by atoms with van der Waals surface area (Å²) in [6.07, 6.45) is 5.57. The van der Waals surface area contributed by atoms with Gasteiger partial charge in [0, 0.05) is 24.7 Å². The molecule has 0 bridgehead atoms. The van der Waals surface area contributed by atoms with Crippen molar-refractivity contribution in [3.8, 4) is 0 Å². The summed E-state index contributed by atoms with van der Waals surface area (Å²) >= 11 is 0. The van der Waals surface area contributed by atoms with Gasteiger partial charge in [0.05, 0.1) is 6.10 Å². The normalized spacial score (nSPS) is 40.5. The molecule has 0 radical (unpaired) electrons. The fourth-order valence-electron chi connectivity index (χ4n) is 9.93. The van der Waals surface area contributed by atoms with Crippen molar-refractivity contribution in [1.29, 1.82) is 0 Å². The number of Topliss-reactive ketones (excluding diaryl/α,β-unsaturated/α-hetero) is 2. The number of carbonyl (C=O) groups is 3. The Morgan fingerprint density at radius 1 is 1.03 bits per heavy atom. The maximum atomic E-state index is 12.9. The van der Waals surface area contributed by atoms with E-state index in [1.807, 2.05) is 13.8 Å². The predicted molar refractivity (Wildman–Crippen MR) is 145 cm³/mol. The summed E-state index contributed by atoms with van der Waals surface area (Å²) in [6.45, 7) is 18.7. The number of ether oxygens (including phenoxy) is 1. The minimum atomic E-state index is -0.722. The third-order valence-electron chi connectivity index (χ3n) is 12.0. The van der Waals surface area contributed by atoms with E-state index in [1.165, 1.54) is 18.1 Å². The molecule has 4 aliphatic rings. The number of aliphatic hydroxyl groups is 1. The van der Waals surface area contributed by atoms with Gasteiger partial charge >= 0.3 is 5.97 Å². The van der Waals surface area contributed by atoms with Crippen molar-refractivity contribution in [2.75, 3.05) is 0 Å². The summed E-state index contributed by atoms with van der Waals surface area (Å²) < 4.78 is 5.50. The standard InChI is InChI=1S/C32H50O5/c1-18(2)27(36)24(37-20(4)33)16-19(3)21-10-14-31(8)22(21)17-23(34)28-30(7)13-12-26(35)29(5,6)25(30)11-15-32(28,31)9/h18-19,23-25,28,34H,10-17H2,1-9H3/t19?,23?,24?,25?,28-,30-,31-,32-/m0/s1. The molecule has 0 aromatic carbocycles. The molecule has 5 heteroatoms. The molecule has 5 nitrogen and oxygen atoms in total. The van der Waals surface area contributed by atoms with Gasteiger partial charge in [-0.2, -0.15) is 0 Å². The molecule has 4 rings (SSSR count). The van der Waals surface area contributed by atoms with Crippen LogP contribution in [0.2, 0.25) is 0 Å². The molecular weight excluding hydrogens is 464 g/mol. The van der Waals surface area contributed by atoms with Crippen LogP contribution in [0.5, 0.6) is 0 Å². The lowest BCUT2D eigenvalue weighted by Gasteiger charge is -2.69. The Labute approximate surface area is 224 Å².